The molecule has 0 unspecified atom stereocenters. The van der Waals surface area contributed by atoms with Gasteiger partial charge in [0.25, 0.3) is 5.91 Å². The van der Waals surface area contributed by atoms with E-state index in [0.717, 1.165) is 6.08 Å². The summed E-state index contributed by atoms with van der Waals surface area (Å²) in [5.41, 5.74) is -4.38. The molecule has 15 nitrogen and oxygen atoms in total. The number of halogens is 2. The number of hydrogen-bond donors (Lipinski definition) is 3. The monoisotopic (exact) mass is 816 g/mol. The van der Waals surface area contributed by atoms with E-state index in [1.807, 2.05) is 6.92 Å². The molecule has 2 aliphatic heterocycles. The second-order valence-corrected chi connectivity index (χ2v) is 19.2. The number of nitrogens with zero attached hydrogens (tertiary/aromatic N) is 3. The van der Waals surface area contributed by atoms with Crippen LogP contribution in [0.4, 0.5) is 13.6 Å². The van der Waals surface area contributed by atoms with E-state index in [1.165, 1.54) is 4.90 Å². The number of alkyl halides is 2. The standard InChI is InChI=1S/C39H50F2N6O9S/c1-6-22-19-38(22,34(50)46-57(52,53)23-15-16-23)45-31(48)26-20-37(5)21-47(26)33(49)30(36(2,3)4)44-35(51)55-28-14-9-13-27(28)54-18-10-17-39(40,41)29-32(56-37)43-25-12-8-7-11-24(25)42-29/h7-8,10-12,17,22-23,26-28,30H,6,9,13-16,18-21H2,1-5H3,(H,44,51)(H,45,48)(H,46,50)/b17-10-/t22-,26+,27-,28-,30-,37-,38-/m1/s1. The van der Waals surface area contributed by atoms with Gasteiger partial charge in [-0.1, -0.05) is 52.3 Å². The molecule has 4 amide bonds. The van der Waals surface area contributed by atoms with Crippen molar-refractivity contribution >= 4 is 44.9 Å². The first-order chi connectivity index (χ1) is 26.7. The van der Waals surface area contributed by atoms with Crippen LogP contribution < -0.4 is 20.1 Å². The molecule has 5 aliphatic rings. The first kappa shape index (κ1) is 40.7. The predicted octanol–water partition coefficient (Wildman–Crippen LogP) is 4.00. The average Bonchev–Trinajstić information content (AvgIpc) is 4.04. The zero-order valence-electron chi connectivity index (χ0n) is 32.7. The van der Waals surface area contributed by atoms with Crippen LogP contribution in [0.25, 0.3) is 11.0 Å². The minimum absolute atomic E-state index is 0.165. The lowest BCUT2D eigenvalue weighted by Crippen LogP contribution is -2.60. The predicted molar refractivity (Wildman–Crippen MR) is 201 cm³/mol. The highest BCUT2D eigenvalue weighted by atomic mass is 32.2. The van der Waals surface area contributed by atoms with Gasteiger partial charge in [-0.15, -0.1) is 0 Å². The first-order valence-electron chi connectivity index (χ1n) is 19.5. The number of fused-ring (bicyclic) bond motifs is 5. The van der Waals surface area contributed by atoms with Gasteiger partial charge in [0, 0.05) is 6.42 Å². The van der Waals surface area contributed by atoms with E-state index in [0.29, 0.717) is 44.6 Å². The van der Waals surface area contributed by atoms with Crippen LogP contribution in [0.3, 0.4) is 0 Å². The Hall–Kier alpha value is -4.45. The van der Waals surface area contributed by atoms with Crippen molar-refractivity contribution in [3.63, 3.8) is 0 Å². The molecule has 2 bridgehead atoms. The molecule has 0 radical (unpaired) electrons. The number of nitrogens with one attached hydrogen (secondary N) is 3. The van der Waals surface area contributed by atoms with Gasteiger partial charge in [-0.25, -0.2) is 23.2 Å². The molecule has 3 N–H and O–H groups in total. The molecule has 0 spiro atoms. The largest absolute Gasteiger partial charge is 0.468 e. The Bertz CT molecular complexity index is 2090. The quantitative estimate of drug-likeness (QED) is 0.357. The van der Waals surface area contributed by atoms with Gasteiger partial charge in [0.2, 0.25) is 27.7 Å². The summed E-state index contributed by atoms with van der Waals surface area (Å²) in [6.07, 6.45) is 2.47. The lowest BCUT2D eigenvalue weighted by molar-refractivity contribution is -0.143. The summed E-state index contributed by atoms with van der Waals surface area (Å²) in [4.78, 5) is 66.3. The van der Waals surface area contributed by atoms with Gasteiger partial charge < -0.3 is 29.7 Å². The van der Waals surface area contributed by atoms with Crippen LogP contribution in [0.5, 0.6) is 5.88 Å². The second kappa shape index (κ2) is 14.7. The Morgan fingerprint density at radius 3 is 2.37 bits per heavy atom. The number of ether oxygens (including phenoxy) is 3. The van der Waals surface area contributed by atoms with Gasteiger partial charge in [0.15, 0.2) is 5.69 Å². The Morgan fingerprint density at radius 2 is 1.72 bits per heavy atom. The molecular formula is C39H50F2N6O9S. The fourth-order valence-electron chi connectivity index (χ4n) is 8.17. The molecule has 18 heteroatoms. The Kier molecular flexibility index (Phi) is 10.5. The van der Waals surface area contributed by atoms with Crippen molar-refractivity contribution in [1.82, 2.24) is 30.2 Å². The van der Waals surface area contributed by atoms with E-state index in [2.05, 4.69) is 25.3 Å². The summed E-state index contributed by atoms with van der Waals surface area (Å²) in [5, 5.41) is 4.82. The number of hydrogen-bond acceptors (Lipinski definition) is 11. The molecule has 7 rings (SSSR count). The molecule has 310 valence electrons. The van der Waals surface area contributed by atoms with Gasteiger partial charge in [0.05, 0.1) is 35.5 Å². The van der Waals surface area contributed by atoms with Crippen molar-refractivity contribution < 1.29 is 50.6 Å². The number of aromatic nitrogens is 2. The number of carbonyl (C=O) groups excluding carboxylic acids is 4. The topological polar surface area (TPSA) is 195 Å². The maximum absolute atomic E-state index is 16.2. The zero-order valence-corrected chi connectivity index (χ0v) is 33.5. The highest BCUT2D eigenvalue weighted by molar-refractivity contribution is 7.91. The van der Waals surface area contributed by atoms with Crippen LogP contribution in [0, 0.1) is 11.3 Å². The summed E-state index contributed by atoms with van der Waals surface area (Å²) >= 11 is 0. The van der Waals surface area contributed by atoms with Crippen LogP contribution in [0.2, 0.25) is 0 Å². The van der Waals surface area contributed by atoms with Gasteiger partial charge >= 0.3 is 12.0 Å². The van der Waals surface area contributed by atoms with E-state index >= 15 is 8.78 Å². The lowest BCUT2D eigenvalue weighted by Gasteiger charge is -2.36. The van der Waals surface area contributed by atoms with Crippen molar-refractivity contribution in [3.8, 4) is 5.88 Å². The Morgan fingerprint density at radius 1 is 1.04 bits per heavy atom. The van der Waals surface area contributed by atoms with Crippen LogP contribution in [-0.2, 0) is 39.8 Å². The van der Waals surface area contributed by atoms with Gasteiger partial charge in [0.1, 0.15) is 29.3 Å². The molecule has 3 heterocycles. The molecular weight excluding hydrogens is 767 g/mol. The maximum atomic E-state index is 16.2. The van der Waals surface area contributed by atoms with E-state index in [-0.39, 0.29) is 42.9 Å². The summed E-state index contributed by atoms with van der Waals surface area (Å²) < 4.78 is 78.1. The number of rotatable bonds is 6. The fraction of sp³-hybridized carbons (Fsp3) is 0.641. The van der Waals surface area contributed by atoms with Crippen LogP contribution in [0.15, 0.2) is 36.4 Å². The van der Waals surface area contributed by atoms with Crippen molar-refractivity contribution in [2.24, 2.45) is 11.3 Å². The maximum Gasteiger partial charge on any atom is 0.408 e. The van der Waals surface area contributed by atoms with E-state index < -0.39 is 97.4 Å². The second-order valence-electron chi connectivity index (χ2n) is 17.3. The number of carbonyl (C=O) groups is 4. The summed E-state index contributed by atoms with van der Waals surface area (Å²) in [6, 6.07) is 3.82. The minimum Gasteiger partial charge on any atom is -0.468 e. The average molecular weight is 817 g/mol. The van der Waals surface area contributed by atoms with Gasteiger partial charge in [-0.3, -0.25) is 19.1 Å². The van der Waals surface area contributed by atoms with Gasteiger partial charge in [-0.2, -0.15) is 8.78 Å². The molecule has 7 atom stereocenters. The third-order valence-corrected chi connectivity index (χ3v) is 13.4. The first-order valence-corrected chi connectivity index (χ1v) is 21.1. The SMILES string of the molecule is CC[C@@H]1C[C@]1(NC(=O)[C@@H]1C[C@]2(C)CN1C(=O)[C@H](C(C)(C)C)NC(=O)O[C@@H]1CCC[C@H]1OC/C=C\C(F)(F)c1nc3ccccc3nc1O2)C(=O)NS(=O)(=O)C1CC1. The molecule has 1 aromatic heterocycles. The Balaban J connectivity index is 1.28. The number of alkyl carbamates (subject to hydrolysis) is 1. The summed E-state index contributed by atoms with van der Waals surface area (Å²) in [7, 11) is -3.95. The van der Waals surface area contributed by atoms with Crippen molar-refractivity contribution in [3.05, 3.63) is 42.1 Å². The van der Waals surface area contributed by atoms with E-state index in [1.54, 1.807) is 52.0 Å². The zero-order chi connectivity index (χ0) is 41.1. The van der Waals surface area contributed by atoms with Gasteiger partial charge in [-0.05, 0) is 75.0 Å². The smallest absolute Gasteiger partial charge is 0.408 e. The third-order valence-electron chi connectivity index (χ3n) is 11.6. The minimum atomic E-state index is -3.95. The van der Waals surface area contributed by atoms with Crippen molar-refractivity contribution in [2.75, 3.05) is 13.2 Å². The number of amides is 4. The van der Waals surface area contributed by atoms with E-state index in [4.69, 9.17) is 14.2 Å². The Labute approximate surface area is 330 Å². The van der Waals surface area contributed by atoms with E-state index in [9.17, 15) is 27.6 Å². The number of sulfonamides is 1. The summed E-state index contributed by atoms with van der Waals surface area (Å²) in [6.45, 7) is 8.00. The van der Waals surface area contributed by atoms with Crippen LogP contribution in [-0.4, -0.2) is 101 Å². The number of benzene rings is 1. The molecule has 57 heavy (non-hydrogen) atoms. The van der Waals surface area contributed by atoms with Crippen molar-refractivity contribution in [1.29, 1.82) is 0 Å². The van der Waals surface area contributed by atoms with Crippen LogP contribution >= 0.6 is 0 Å². The highest BCUT2D eigenvalue weighted by Crippen LogP contribution is 2.47. The highest BCUT2D eigenvalue weighted by Gasteiger charge is 2.63. The lowest BCUT2D eigenvalue weighted by atomic mass is 9.85. The molecule has 1 aromatic carbocycles. The third kappa shape index (κ3) is 8.29. The molecule has 3 saturated carbocycles. The summed E-state index contributed by atoms with van der Waals surface area (Å²) in [5.74, 6) is -6.95. The fourth-order valence-corrected chi connectivity index (χ4v) is 9.53. The number of para-hydroxylation sites is 2. The molecule has 1 saturated heterocycles. The molecule has 2 aromatic rings. The normalized spacial score (nSPS) is 32.4. The molecule has 3 aliphatic carbocycles. The van der Waals surface area contributed by atoms with Crippen LogP contribution in [0.1, 0.15) is 91.7 Å². The molecule has 4 fully saturated rings. The number of allylic oxidation sites excluding steroid dienone is 1. The van der Waals surface area contributed by atoms with Crippen molar-refractivity contribution in [2.45, 2.75) is 133 Å².